The maximum absolute atomic E-state index is 10.5. The van der Waals surface area contributed by atoms with Gasteiger partial charge in [-0.05, 0) is 6.42 Å². The average Bonchev–Trinajstić information content (AvgIpc) is 2.64. The van der Waals surface area contributed by atoms with Gasteiger partial charge in [0.2, 0.25) is 0 Å². The van der Waals surface area contributed by atoms with Crippen molar-refractivity contribution >= 4 is 29.2 Å². The van der Waals surface area contributed by atoms with Crippen LogP contribution in [-0.4, -0.2) is 31.1 Å². The summed E-state index contributed by atoms with van der Waals surface area (Å²) >= 11 is 6.82. The Bertz CT molecular complexity index is 330. The van der Waals surface area contributed by atoms with Gasteiger partial charge in [0.1, 0.15) is 11.5 Å². The Hall–Kier alpha value is -0.650. The lowest BCUT2D eigenvalue weighted by atomic mass is 10.4. The van der Waals surface area contributed by atoms with E-state index in [1.807, 2.05) is 0 Å². The van der Waals surface area contributed by atoms with E-state index in [9.17, 15) is 4.79 Å². The van der Waals surface area contributed by atoms with Crippen LogP contribution < -0.4 is 4.74 Å². The SMILES string of the molecule is CCCCOCCOc1nc(Cl)c(C=O)s1. The van der Waals surface area contributed by atoms with Crippen molar-refractivity contribution in [1.82, 2.24) is 4.98 Å². The third-order valence-electron chi connectivity index (χ3n) is 1.79. The van der Waals surface area contributed by atoms with Crippen LogP contribution in [0.25, 0.3) is 0 Å². The molecule has 1 heterocycles. The third kappa shape index (κ3) is 4.47. The highest BCUT2D eigenvalue weighted by atomic mass is 35.5. The van der Waals surface area contributed by atoms with Gasteiger partial charge in [0.05, 0.1) is 6.61 Å². The van der Waals surface area contributed by atoms with E-state index in [1.165, 1.54) is 0 Å². The van der Waals surface area contributed by atoms with Crippen molar-refractivity contribution in [2.24, 2.45) is 0 Å². The number of halogens is 1. The molecule has 0 spiro atoms. The van der Waals surface area contributed by atoms with Crippen molar-refractivity contribution in [2.75, 3.05) is 19.8 Å². The number of carbonyl (C=O) groups excluding carboxylic acids is 1. The summed E-state index contributed by atoms with van der Waals surface area (Å²) in [5, 5.41) is 0.605. The molecule has 4 nitrogen and oxygen atoms in total. The predicted octanol–water partition coefficient (Wildman–Crippen LogP) is 2.80. The molecule has 0 aromatic carbocycles. The smallest absolute Gasteiger partial charge is 0.275 e. The first-order valence-electron chi connectivity index (χ1n) is 5.10. The monoisotopic (exact) mass is 263 g/mol. The minimum Gasteiger partial charge on any atom is -0.468 e. The molecule has 0 saturated carbocycles. The third-order valence-corrected chi connectivity index (χ3v) is 3.09. The minimum absolute atomic E-state index is 0.196. The molecule has 0 unspecified atom stereocenters. The fourth-order valence-electron chi connectivity index (χ4n) is 0.965. The van der Waals surface area contributed by atoms with Crippen molar-refractivity contribution in [3.05, 3.63) is 10.0 Å². The molecule has 0 N–H and O–H groups in total. The van der Waals surface area contributed by atoms with Crippen molar-refractivity contribution in [1.29, 1.82) is 0 Å². The molecule has 0 amide bonds. The number of nitrogens with zero attached hydrogens (tertiary/aromatic N) is 1. The molecule has 0 saturated heterocycles. The minimum atomic E-state index is 0.196. The lowest BCUT2D eigenvalue weighted by Crippen LogP contribution is -2.07. The molecule has 0 radical (unpaired) electrons. The van der Waals surface area contributed by atoms with E-state index in [-0.39, 0.29) is 5.15 Å². The molecule has 0 aliphatic rings. The second kappa shape index (κ2) is 7.60. The van der Waals surface area contributed by atoms with Gasteiger partial charge in [0.25, 0.3) is 5.19 Å². The summed E-state index contributed by atoms with van der Waals surface area (Å²) in [6.07, 6.45) is 2.84. The van der Waals surface area contributed by atoms with E-state index in [0.29, 0.717) is 29.6 Å². The quantitative estimate of drug-likeness (QED) is 0.535. The molecular weight excluding hydrogens is 250 g/mol. The van der Waals surface area contributed by atoms with Gasteiger partial charge in [-0.1, -0.05) is 36.3 Å². The number of hydrogen-bond acceptors (Lipinski definition) is 5. The molecule has 0 fully saturated rings. The lowest BCUT2D eigenvalue weighted by molar-refractivity contribution is 0.0979. The Morgan fingerprint density at radius 2 is 2.25 bits per heavy atom. The standard InChI is InChI=1S/C10H14ClNO3S/c1-2-3-4-14-5-6-15-10-12-9(11)8(7-13)16-10/h7H,2-6H2,1H3. The molecule has 90 valence electrons. The Balaban J connectivity index is 2.19. The summed E-state index contributed by atoms with van der Waals surface area (Å²) in [6.45, 7) is 3.80. The highest BCUT2D eigenvalue weighted by Gasteiger charge is 2.08. The molecule has 16 heavy (non-hydrogen) atoms. The van der Waals surface area contributed by atoms with Crippen molar-refractivity contribution in [2.45, 2.75) is 19.8 Å². The van der Waals surface area contributed by atoms with Crippen molar-refractivity contribution in [3.63, 3.8) is 0 Å². The van der Waals surface area contributed by atoms with E-state index in [0.717, 1.165) is 30.8 Å². The molecule has 0 bridgehead atoms. The predicted molar refractivity (Wildman–Crippen MR) is 63.7 cm³/mol. The van der Waals surface area contributed by atoms with Crippen LogP contribution in [0.1, 0.15) is 29.4 Å². The Kier molecular flexibility index (Phi) is 6.37. The number of hydrogen-bond donors (Lipinski definition) is 0. The fourth-order valence-corrected chi connectivity index (χ4v) is 1.90. The van der Waals surface area contributed by atoms with Gasteiger partial charge >= 0.3 is 0 Å². The van der Waals surface area contributed by atoms with Crippen LogP contribution in [-0.2, 0) is 4.74 Å². The number of aldehydes is 1. The van der Waals surface area contributed by atoms with Crippen LogP contribution in [0, 0.1) is 0 Å². The largest absolute Gasteiger partial charge is 0.468 e. The zero-order valence-electron chi connectivity index (χ0n) is 9.07. The second-order valence-electron chi connectivity index (χ2n) is 3.07. The van der Waals surface area contributed by atoms with Gasteiger partial charge in [0.15, 0.2) is 11.4 Å². The molecule has 0 aliphatic carbocycles. The first kappa shape index (κ1) is 13.4. The maximum Gasteiger partial charge on any atom is 0.275 e. The first-order valence-corrected chi connectivity index (χ1v) is 6.29. The topological polar surface area (TPSA) is 48.4 Å². The number of aromatic nitrogens is 1. The number of thiazole rings is 1. The maximum atomic E-state index is 10.5. The lowest BCUT2D eigenvalue weighted by Gasteiger charge is -2.03. The van der Waals surface area contributed by atoms with E-state index < -0.39 is 0 Å². The summed E-state index contributed by atoms with van der Waals surface area (Å²) in [4.78, 5) is 14.8. The van der Waals surface area contributed by atoms with Crippen LogP contribution in [0.3, 0.4) is 0 Å². The Morgan fingerprint density at radius 1 is 1.44 bits per heavy atom. The summed E-state index contributed by atoms with van der Waals surface area (Å²) in [5.41, 5.74) is 0. The highest BCUT2D eigenvalue weighted by Crippen LogP contribution is 2.26. The van der Waals surface area contributed by atoms with Crippen LogP contribution >= 0.6 is 22.9 Å². The normalized spacial score (nSPS) is 10.4. The molecular formula is C10H14ClNO3S. The van der Waals surface area contributed by atoms with Gasteiger partial charge < -0.3 is 9.47 Å². The Labute approximate surface area is 104 Å². The first-order chi connectivity index (χ1) is 7.77. The summed E-state index contributed by atoms with van der Waals surface area (Å²) in [5.74, 6) is 0. The average molecular weight is 264 g/mol. The molecule has 0 aliphatic heterocycles. The number of unbranched alkanes of at least 4 members (excludes halogenated alkanes) is 1. The molecule has 6 heteroatoms. The van der Waals surface area contributed by atoms with Crippen molar-refractivity contribution < 1.29 is 14.3 Å². The molecule has 1 rings (SSSR count). The zero-order chi connectivity index (χ0) is 11.8. The van der Waals surface area contributed by atoms with Gasteiger partial charge in [-0.3, -0.25) is 4.79 Å². The van der Waals surface area contributed by atoms with E-state index in [2.05, 4.69) is 11.9 Å². The van der Waals surface area contributed by atoms with E-state index in [1.54, 1.807) is 0 Å². The molecule has 1 aromatic rings. The molecule has 0 atom stereocenters. The second-order valence-corrected chi connectivity index (χ2v) is 4.42. The van der Waals surface area contributed by atoms with E-state index in [4.69, 9.17) is 21.1 Å². The van der Waals surface area contributed by atoms with Crippen LogP contribution in [0.2, 0.25) is 5.15 Å². The number of ether oxygens (including phenoxy) is 2. The van der Waals surface area contributed by atoms with Gasteiger partial charge in [-0.2, -0.15) is 4.98 Å². The van der Waals surface area contributed by atoms with Crippen LogP contribution in [0.15, 0.2) is 0 Å². The van der Waals surface area contributed by atoms with Gasteiger partial charge in [-0.25, -0.2) is 0 Å². The van der Waals surface area contributed by atoms with E-state index >= 15 is 0 Å². The number of rotatable bonds is 8. The Morgan fingerprint density at radius 3 is 2.88 bits per heavy atom. The zero-order valence-corrected chi connectivity index (χ0v) is 10.6. The van der Waals surface area contributed by atoms with Crippen LogP contribution in [0.4, 0.5) is 0 Å². The number of carbonyl (C=O) groups is 1. The summed E-state index contributed by atoms with van der Waals surface area (Å²) in [6, 6.07) is 0. The van der Waals surface area contributed by atoms with Crippen molar-refractivity contribution in [3.8, 4) is 5.19 Å². The summed E-state index contributed by atoms with van der Waals surface area (Å²) < 4.78 is 10.6. The highest BCUT2D eigenvalue weighted by molar-refractivity contribution is 7.15. The molecule has 1 aromatic heterocycles. The summed E-state index contributed by atoms with van der Waals surface area (Å²) in [7, 11) is 0. The van der Waals surface area contributed by atoms with Crippen LogP contribution in [0.5, 0.6) is 5.19 Å². The van der Waals surface area contributed by atoms with Gasteiger partial charge in [-0.15, -0.1) is 0 Å². The fraction of sp³-hybridized carbons (Fsp3) is 0.600. The van der Waals surface area contributed by atoms with Gasteiger partial charge in [0, 0.05) is 6.61 Å².